The van der Waals surface area contributed by atoms with E-state index in [0.717, 1.165) is 30.2 Å². The van der Waals surface area contributed by atoms with Crippen LogP contribution in [0.5, 0.6) is 0 Å². The van der Waals surface area contributed by atoms with Gasteiger partial charge in [-0.05, 0) is 29.8 Å². The molecule has 1 N–H and O–H groups in total. The third-order valence-electron chi connectivity index (χ3n) is 4.96. The summed E-state index contributed by atoms with van der Waals surface area (Å²) in [5, 5.41) is 3.69. The zero-order chi connectivity index (χ0) is 20.8. The van der Waals surface area contributed by atoms with Crippen molar-refractivity contribution in [3.63, 3.8) is 0 Å². The minimum absolute atomic E-state index is 0.0425. The van der Waals surface area contributed by atoms with E-state index in [-0.39, 0.29) is 18.4 Å². The van der Waals surface area contributed by atoms with Crippen molar-refractivity contribution in [1.29, 1.82) is 0 Å². The van der Waals surface area contributed by atoms with E-state index in [1.54, 1.807) is 0 Å². The van der Waals surface area contributed by atoms with Gasteiger partial charge in [0.1, 0.15) is 6.26 Å². The largest absolute Gasteiger partial charge is 0.444 e. The van der Waals surface area contributed by atoms with Gasteiger partial charge in [-0.1, -0.05) is 41.9 Å². The van der Waals surface area contributed by atoms with Crippen LogP contribution in [0.2, 0.25) is 5.02 Å². The fourth-order valence-electron chi connectivity index (χ4n) is 3.50. The highest BCUT2D eigenvalue weighted by atomic mass is 35.5. The Bertz CT molecular complexity index is 977. The van der Waals surface area contributed by atoms with Crippen LogP contribution >= 0.6 is 11.6 Å². The number of hydrogen-bond acceptors (Lipinski definition) is 5. The Labute approximate surface area is 180 Å². The van der Waals surface area contributed by atoms with E-state index in [9.17, 15) is 4.79 Å². The summed E-state index contributed by atoms with van der Waals surface area (Å²) in [4.78, 5) is 19.1. The van der Waals surface area contributed by atoms with Crippen molar-refractivity contribution in [2.24, 2.45) is 0 Å². The lowest BCUT2D eigenvalue weighted by Crippen LogP contribution is -2.47. The second-order valence-electron chi connectivity index (χ2n) is 7.35. The molecule has 1 saturated heterocycles. The summed E-state index contributed by atoms with van der Waals surface area (Å²) in [6, 6.07) is 17.5. The third-order valence-corrected chi connectivity index (χ3v) is 5.19. The predicted octanol–water partition coefficient (Wildman–Crippen LogP) is 3.55. The lowest BCUT2D eigenvalue weighted by atomic mass is 10.2. The highest BCUT2D eigenvalue weighted by Crippen LogP contribution is 2.18. The van der Waals surface area contributed by atoms with Crippen LogP contribution in [0.15, 0.2) is 65.3 Å². The number of ether oxygens (including phenoxy) is 1. The van der Waals surface area contributed by atoms with Crippen molar-refractivity contribution in [3.8, 4) is 11.5 Å². The lowest BCUT2D eigenvalue weighted by Gasteiger charge is -2.33. The lowest BCUT2D eigenvalue weighted by molar-refractivity contribution is -0.121. The SMILES string of the molecule is O=C(Cc1coc(-c2ccccc2)n1)NC[C@H]1CN(Cc2cccc(Cl)c2)CCO1. The molecule has 7 heteroatoms. The zero-order valence-electron chi connectivity index (χ0n) is 16.6. The Morgan fingerprint density at radius 2 is 2.07 bits per heavy atom. The fourth-order valence-corrected chi connectivity index (χ4v) is 3.71. The molecule has 1 aliphatic heterocycles. The molecule has 0 aliphatic carbocycles. The first-order valence-corrected chi connectivity index (χ1v) is 10.4. The number of nitrogens with zero attached hydrogens (tertiary/aromatic N) is 2. The molecule has 156 valence electrons. The molecule has 1 atom stereocenters. The maximum absolute atomic E-state index is 12.3. The Morgan fingerprint density at radius 1 is 1.20 bits per heavy atom. The molecule has 0 radical (unpaired) electrons. The summed E-state index contributed by atoms with van der Waals surface area (Å²) in [6.45, 7) is 3.54. The molecule has 3 aromatic rings. The van der Waals surface area contributed by atoms with Crippen LogP contribution in [0.4, 0.5) is 0 Å². The topological polar surface area (TPSA) is 67.6 Å². The van der Waals surface area contributed by atoms with Crippen LogP contribution in [0.3, 0.4) is 0 Å². The van der Waals surface area contributed by atoms with Gasteiger partial charge in [0.2, 0.25) is 11.8 Å². The molecule has 4 rings (SSSR count). The van der Waals surface area contributed by atoms with Crippen molar-refractivity contribution in [3.05, 3.63) is 77.1 Å². The van der Waals surface area contributed by atoms with E-state index in [1.165, 1.54) is 11.8 Å². The summed E-state index contributed by atoms with van der Waals surface area (Å²) in [6.07, 6.45) is 1.67. The number of benzene rings is 2. The average molecular weight is 426 g/mol. The number of morpholine rings is 1. The minimum atomic E-state index is -0.0986. The average Bonchev–Trinajstić information content (AvgIpc) is 3.22. The highest BCUT2D eigenvalue weighted by molar-refractivity contribution is 6.30. The van der Waals surface area contributed by atoms with E-state index in [2.05, 4.69) is 21.3 Å². The maximum atomic E-state index is 12.3. The number of hydrogen-bond donors (Lipinski definition) is 1. The molecule has 0 spiro atoms. The summed E-state index contributed by atoms with van der Waals surface area (Å²) in [7, 11) is 0. The zero-order valence-corrected chi connectivity index (χ0v) is 17.3. The van der Waals surface area contributed by atoms with Crippen molar-refractivity contribution in [2.45, 2.75) is 19.1 Å². The van der Waals surface area contributed by atoms with E-state index in [1.807, 2.05) is 48.5 Å². The minimum Gasteiger partial charge on any atom is -0.444 e. The van der Waals surface area contributed by atoms with Gasteiger partial charge in [0.25, 0.3) is 0 Å². The number of rotatable bonds is 7. The second kappa shape index (κ2) is 9.89. The Balaban J connectivity index is 1.24. The normalized spacial score (nSPS) is 17.0. The van der Waals surface area contributed by atoms with Crippen molar-refractivity contribution >= 4 is 17.5 Å². The standard InChI is InChI=1S/C23H24ClN3O3/c24-19-8-4-5-17(11-19)14-27-9-10-29-21(15-27)13-25-22(28)12-20-16-30-23(26-20)18-6-2-1-3-7-18/h1-8,11,16,21H,9-10,12-15H2,(H,25,28)/t21-/m0/s1. The van der Waals surface area contributed by atoms with Crippen LogP contribution in [0.1, 0.15) is 11.3 Å². The summed E-state index contributed by atoms with van der Waals surface area (Å²) in [5.41, 5.74) is 2.67. The van der Waals surface area contributed by atoms with Crippen molar-refractivity contribution in [1.82, 2.24) is 15.2 Å². The summed E-state index contributed by atoms with van der Waals surface area (Å²) in [5.74, 6) is 0.421. The molecule has 30 heavy (non-hydrogen) atoms. The monoisotopic (exact) mass is 425 g/mol. The first-order valence-electron chi connectivity index (χ1n) is 10.0. The van der Waals surface area contributed by atoms with Gasteiger partial charge in [-0.3, -0.25) is 9.69 Å². The molecule has 6 nitrogen and oxygen atoms in total. The highest BCUT2D eigenvalue weighted by Gasteiger charge is 2.21. The van der Waals surface area contributed by atoms with Crippen LogP contribution < -0.4 is 5.32 Å². The smallest absolute Gasteiger partial charge is 0.226 e. The first kappa shape index (κ1) is 20.6. The van der Waals surface area contributed by atoms with E-state index in [0.29, 0.717) is 24.7 Å². The van der Waals surface area contributed by atoms with Gasteiger partial charge >= 0.3 is 0 Å². The molecule has 2 aromatic carbocycles. The van der Waals surface area contributed by atoms with Crippen molar-refractivity contribution < 1.29 is 13.9 Å². The van der Waals surface area contributed by atoms with Crippen LogP contribution in [-0.2, 0) is 22.5 Å². The number of carbonyl (C=O) groups is 1. The van der Waals surface area contributed by atoms with Gasteiger partial charge in [0.15, 0.2) is 0 Å². The molecule has 0 saturated carbocycles. The number of oxazole rings is 1. The Hall–Kier alpha value is -2.67. The third kappa shape index (κ3) is 5.69. The van der Waals surface area contributed by atoms with Gasteiger partial charge in [-0.15, -0.1) is 0 Å². The van der Waals surface area contributed by atoms with Crippen LogP contribution in [0, 0.1) is 0 Å². The van der Waals surface area contributed by atoms with Gasteiger partial charge in [0, 0.05) is 36.8 Å². The molecule has 1 fully saturated rings. The first-order chi connectivity index (χ1) is 14.7. The van der Waals surface area contributed by atoms with Crippen molar-refractivity contribution in [2.75, 3.05) is 26.2 Å². The molecule has 2 heterocycles. The predicted molar refractivity (Wildman–Crippen MR) is 115 cm³/mol. The molecule has 1 amide bonds. The molecular formula is C23H24ClN3O3. The maximum Gasteiger partial charge on any atom is 0.226 e. The van der Waals surface area contributed by atoms with E-state index in [4.69, 9.17) is 20.8 Å². The van der Waals surface area contributed by atoms with Crippen LogP contribution in [-0.4, -0.2) is 48.1 Å². The van der Waals surface area contributed by atoms with Gasteiger partial charge in [-0.2, -0.15) is 0 Å². The summed E-state index contributed by atoms with van der Waals surface area (Å²) >= 11 is 6.08. The Kier molecular flexibility index (Phi) is 6.79. The number of halogens is 1. The number of carbonyl (C=O) groups excluding carboxylic acids is 1. The van der Waals surface area contributed by atoms with Gasteiger partial charge in [0.05, 0.1) is 24.8 Å². The molecule has 1 aromatic heterocycles. The molecule has 0 unspecified atom stereocenters. The van der Waals surface area contributed by atoms with Crippen LogP contribution in [0.25, 0.3) is 11.5 Å². The number of amides is 1. The quantitative estimate of drug-likeness (QED) is 0.627. The second-order valence-corrected chi connectivity index (χ2v) is 7.79. The van der Waals surface area contributed by atoms with Gasteiger partial charge < -0.3 is 14.5 Å². The fraction of sp³-hybridized carbons (Fsp3) is 0.304. The summed E-state index contributed by atoms with van der Waals surface area (Å²) < 4.78 is 11.3. The van der Waals surface area contributed by atoms with Gasteiger partial charge in [-0.25, -0.2) is 4.98 Å². The van der Waals surface area contributed by atoms with E-state index < -0.39 is 0 Å². The van der Waals surface area contributed by atoms with E-state index >= 15 is 0 Å². The number of nitrogens with one attached hydrogen (secondary N) is 1. The Morgan fingerprint density at radius 3 is 2.90 bits per heavy atom. The molecule has 1 aliphatic rings. The molecule has 0 bridgehead atoms. The number of aromatic nitrogens is 1. The molecular weight excluding hydrogens is 402 g/mol.